The average molecular weight is 387 g/mol. The van der Waals surface area contributed by atoms with Crippen LogP contribution in [0.3, 0.4) is 0 Å². The number of benzene rings is 1. The molecule has 2 aromatic rings. The largest absolute Gasteiger partial charge is 0.493 e. The molecule has 0 bridgehead atoms. The summed E-state index contributed by atoms with van der Waals surface area (Å²) in [5, 5.41) is 6.01. The predicted molar refractivity (Wildman–Crippen MR) is 108 cm³/mol. The lowest BCUT2D eigenvalue weighted by molar-refractivity contribution is -0.116. The molecule has 1 aliphatic carbocycles. The molecule has 1 saturated carbocycles. The summed E-state index contributed by atoms with van der Waals surface area (Å²) >= 11 is 1.63. The SMILES string of the molecule is COc1ccc(C=CC(=O)NCc2nc(C3CCCCC3)cs2)cc1OC. The summed E-state index contributed by atoms with van der Waals surface area (Å²) in [6, 6.07) is 5.53. The fourth-order valence-electron chi connectivity index (χ4n) is 3.34. The monoisotopic (exact) mass is 386 g/mol. The Hall–Kier alpha value is -2.34. The predicted octanol–water partition coefficient (Wildman–Crippen LogP) is 4.54. The molecule has 6 heteroatoms. The first-order valence-corrected chi connectivity index (χ1v) is 10.2. The fraction of sp³-hybridized carbons (Fsp3) is 0.429. The molecule has 1 aliphatic rings. The van der Waals surface area contributed by atoms with Gasteiger partial charge in [-0.05, 0) is 36.6 Å². The quantitative estimate of drug-likeness (QED) is 0.710. The van der Waals surface area contributed by atoms with Crippen molar-refractivity contribution >= 4 is 23.3 Å². The Morgan fingerprint density at radius 1 is 1.22 bits per heavy atom. The molecule has 3 rings (SSSR count). The molecule has 1 aromatic heterocycles. The van der Waals surface area contributed by atoms with E-state index in [9.17, 15) is 4.79 Å². The maximum Gasteiger partial charge on any atom is 0.244 e. The Bertz CT molecular complexity index is 794. The van der Waals surface area contributed by atoms with E-state index < -0.39 is 0 Å². The van der Waals surface area contributed by atoms with Gasteiger partial charge in [0.25, 0.3) is 0 Å². The zero-order valence-corrected chi connectivity index (χ0v) is 16.7. The molecule has 1 amide bonds. The second-order valence-electron chi connectivity index (χ2n) is 6.67. The van der Waals surface area contributed by atoms with Crippen LogP contribution >= 0.6 is 11.3 Å². The van der Waals surface area contributed by atoms with Crippen LogP contribution < -0.4 is 14.8 Å². The van der Waals surface area contributed by atoms with Gasteiger partial charge in [0.2, 0.25) is 5.91 Å². The van der Waals surface area contributed by atoms with Gasteiger partial charge in [0, 0.05) is 17.4 Å². The van der Waals surface area contributed by atoms with Crippen molar-refractivity contribution in [1.82, 2.24) is 10.3 Å². The lowest BCUT2D eigenvalue weighted by Gasteiger charge is -2.19. The highest BCUT2D eigenvalue weighted by molar-refractivity contribution is 7.09. The van der Waals surface area contributed by atoms with Gasteiger partial charge in [-0.25, -0.2) is 4.98 Å². The van der Waals surface area contributed by atoms with Crippen molar-refractivity contribution in [3.63, 3.8) is 0 Å². The smallest absolute Gasteiger partial charge is 0.244 e. The van der Waals surface area contributed by atoms with E-state index in [0.717, 1.165) is 10.6 Å². The Morgan fingerprint density at radius 3 is 2.74 bits per heavy atom. The van der Waals surface area contributed by atoms with E-state index in [1.54, 1.807) is 31.6 Å². The van der Waals surface area contributed by atoms with Crippen LogP contribution in [0.25, 0.3) is 6.08 Å². The van der Waals surface area contributed by atoms with Crippen molar-refractivity contribution in [2.45, 2.75) is 44.6 Å². The van der Waals surface area contributed by atoms with E-state index in [1.165, 1.54) is 43.9 Å². The van der Waals surface area contributed by atoms with Gasteiger partial charge in [0.05, 0.1) is 26.5 Å². The van der Waals surface area contributed by atoms with E-state index in [1.807, 2.05) is 18.2 Å². The van der Waals surface area contributed by atoms with Gasteiger partial charge >= 0.3 is 0 Å². The van der Waals surface area contributed by atoms with Gasteiger partial charge in [-0.15, -0.1) is 11.3 Å². The van der Waals surface area contributed by atoms with Crippen LogP contribution in [0.15, 0.2) is 29.7 Å². The zero-order chi connectivity index (χ0) is 19.1. The first kappa shape index (κ1) is 19.4. The molecular formula is C21H26N2O3S. The highest BCUT2D eigenvalue weighted by atomic mass is 32.1. The highest BCUT2D eigenvalue weighted by Crippen LogP contribution is 2.33. The first-order valence-electron chi connectivity index (χ1n) is 9.32. The number of nitrogens with one attached hydrogen (secondary N) is 1. The number of hydrogen-bond donors (Lipinski definition) is 1. The van der Waals surface area contributed by atoms with E-state index in [-0.39, 0.29) is 5.91 Å². The molecule has 0 spiro atoms. The zero-order valence-electron chi connectivity index (χ0n) is 15.9. The molecule has 1 N–H and O–H groups in total. The third-order valence-electron chi connectivity index (χ3n) is 4.84. The lowest BCUT2D eigenvalue weighted by atomic mass is 9.87. The Labute approximate surface area is 164 Å². The first-order chi connectivity index (χ1) is 13.2. The summed E-state index contributed by atoms with van der Waals surface area (Å²) in [4.78, 5) is 16.8. The number of aromatic nitrogens is 1. The Balaban J connectivity index is 1.52. The van der Waals surface area contributed by atoms with Crippen molar-refractivity contribution in [3.8, 4) is 11.5 Å². The topological polar surface area (TPSA) is 60.5 Å². The lowest BCUT2D eigenvalue weighted by Crippen LogP contribution is -2.20. The van der Waals surface area contributed by atoms with Crippen LogP contribution in [-0.4, -0.2) is 25.1 Å². The van der Waals surface area contributed by atoms with Crippen molar-refractivity contribution in [2.75, 3.05) is 14.2 Å². The van der Waals surface area contributed by atoms with E-state index in [0.29, 0.717) is 24.0 Å². The maximum absolute atomic E-state index is 12.1. The minimum Gasteiger partial charge on any atom is -0.493 e. The Morgan fingerprint density at radius 2 is 2.00 bits per heavy atom. The van der Waals surface area contributed by atoms with Crippen LogP contribution in [0, 0.1) is 0 Å². The van der Waals surface area contributed by atoms with Gasteiger partial charge in [0.1, 0.15) is 5.01 Å². The fourth-order valence-corrected chi connectivity index (χ4v) is 4.16. The molecule has 1 heterocycles. The van der Waals surface area contributed by atoms with E-state index in [4.69, 9.17) is 14.5 Å². The summed E-state index contributed by atoms with van der Waals surface area (Å²) in [7, 11) is 3.19. The van der Waals surface area contributed by atoms with Crippen LogP contribution in [0.1, 0.15) is 54.3 Å². The number of thiazole rings is 1. The van der Waals surface area contributed by atoms with Gasteiger partial charge in [-0.3, -0.25) is 4.79 Å². The molecule has 5 nitrogen and oxygen atoms in total. The molecule has 27 heavy (non-hydrogen) atoms. The van der Waals surface area contributed by atoms with Crippen molar-refractivity contribution in [1.29, 1.82) is 0 Å². The standard InChI is InChI=1S/C21H26N2O3S/c1-25-18-10-8-15(12-19(18)26-2)9-11-20(24)22-13-21-23-17(14-27-21)16-6-4-3-5-7-16/h8-12,14,16H,3-7,13H2,1-2H3,(H,22,24). The summed E-state index contributed by atoms with van der Waals surface area (Å²) in [5.74, 6) is 1.76. The van der Waals surface area contributed by atoms with Crippen molar-refractivity contribution in [2.24, 2.45) is 0 Å². The van der Waals surface area contributed by atoms with Gasteiger partial charge in [-0.2, -0.15) is 0 Å². The third-order valence-corrected chi connectivity index (χ3v) is 5.71. The molecular weight excluding hydrogens is 360 g/mol. The normalized spacial score (nSPS) is 15.0. The molecule has 0 aliphatic heterocycles. The molecule has 0 radical (unpaired) electrons. The second kappa shape index (κ2) is 9.55. The summed E-state index contributed by atoms with van der Waals surface area (Å²) in [5.41, 5.74) is 2.07. The minimum absolute atomic E-state index is 0.140. The summed E-state index contributed by atoms with van der Waals surface area (Å²) in [6.45, 7) is 0.465. The summed E-state index contributed by atoms with van der Waals surface area (Å²) < 4.78 is 10.5. The molecule has 144 valence electrons. The van der Waals surface area contributed by atoms with E-state index in [2.05, 4.69) is 10.7 Å². The van der Waals surface area contributed by atoms with Gasteiger partial charge < -0.3 is 14.8 Å². The summed E-state index contributed by atoms with van der Waals surface area (Å²) in [6.07, 6.45) is 9.71. The average Bonchev–Trinajstić information content (AvgIpc) is 3.20. The number of ether oxygens (including phenoxy) is 2. The van der Waals surface area contributed by atoms with Crippen molar-refractivity contribution < 1.29 is 14.3 Å². The van der Waals surface area contributed by atoms with Gasteiger partial charge in [0.15, 0.2) is 11.5 Å². The van der Waals surface area contributed by atoms with Crippen LogP contribution in [0.2, 0.25) is 0 Å². The minimum atomic E-state index is -0.140. The number of carbonyl (C=O) groups excluding carboxylic acids is 1. The molecule has 0 atom stereocenters. The van der Waals surface area contributed by atoms with Crippen LogP contribution in [0.5, 0.6) is 11.5 Å². The number of nitrogens with zero attached hydrogens (tertiary/aromatic N) is 1. The number of carbonyl (C=O) groups is 1. The molecule has 0 unspecified atom stereocenters. The maximum atomic E-state index is 12.1. The third kappa shape index (κ3) is 5.32. The van der Waals surface area contributed by atoms with E-state index >= 15 is 0 Å². The molecule has 1 aromatic carbocycles. The number of hydrogen-bond acceptors (Lipinski definition) is 5. The molecule has 0 saturated heterocycles. The van der Waals surface area contributed by atoms with Crippen molar-refractivity contribution in [3.05, 3.63) is 45.9 Å². The number of amides is 1. The highest BCUT2D eigenvalue weighted by Gasteiger charge is 2.18. The number of rotatable bonds is 7. The van der Waals surface area contributed by atoms with Gasteiger partial charge in [-0.1, -0.05) is 25.3 Å². The van der Waals surface area contributed by atoms with Crippen LogP contribution in [-0.2, 0) is 11.3 Å². The Kier molecular flexibility index (Phi) is 6.87. The van der Waals surface area contributed by atoms with Crippen LogP contribution in [0.4, 0.5) is 0 Å². The second-order valence-corrected chi connectivity index (χ2v) is 7.61. The number of methoxy groups -OCH3 is 2. The molecule has 1 fully saturated rings.